The summed E-state index contributed by atoms with van der Waals surface area (Å²) in [6, 6.07) is 17.4. The molecule has 0 spiro atoms. The maximum absolute atomic E-state index is 5.84. The van der Waals surface area contributed by atoms with Crippen molar-refractivity contribution in [3.63, 3.8) is 0 Å². The number of aromatic nitrogens is 1. The van der Waals surface area contributed by atoms with Crippen LogP contribution >= 0.6 is 0 Å². The van der Waals surface area contributed by atoms with Crippen molar-refractivity contribution in [3.8, 4) is 5.75 Å². The lowest BCUT2D eigenvalue weighted by atomic mass is 9.93. The van der Waals surface area contributed by atoms with E-state index in [2.05, 4.69) is 77.1 Å². The predicted octanol–water partition coefficient (Wildman–Crippen LogP) is 5.42. The molecule has 4 rings (SSSR count). The van der Waals surface area contributed by atoms with Gasteiger partial charge in [-0.3, -0.25) is 0 Å². The van der Waals surface area contributed by atoms with Crippen LogP contribution in [-0.2, 0) is 0 Å². The minimum absolute atomic E-state index is 0.461. The fourth-order valence-electron chi connectivity index (χ4n) is 3.76. The topological polar surface area (TPSA) is 37.0 Å². The Balaban J connectivity index is 1.48. The summed E-state index contributed by atoms with van der Waals surface area (Å²) in [6.45, 7) is 3.63. The van der Waals surface area contributed by atoms with Crippen molar-refractivity contribution in [1.82, 2.24) is 10.3 Å². The Morgan fingerprint density at radius 2 is 2.00 bits per heavy atom. The molecule has 0 radical (unpaired) electrons. The Morgan fingerprint density at radius 3 is 2.85 bits per heavy atom. The van der Waals surface area contributed by atoms with Crippen molar-refractivity contribution < 1.29 is 4.74 Å². The summed E-state index contributed by atoms with van der Waals surface area (Å²) in [5, 5.41) is 4.82. The van der Waals surface area contributed by atoms with Crippen molar-refractivity contribution in [3.05, 3.63) is 78.0 Å². The number of hydrogen-bond acceptors (Lipinski definition) is 2. The van der Waals surface area contributed by atoms with Crippen molar-refractivity contribution in [1.29, 1.82) is 0 Å². The smallest absolute Gasteiger partial charge is 0.127 e. The molecule has 138 valence electrons. The van der Waals surface area contributed by atoms with Crippen LogP contribution in [0.5, 0.6) is 5.75 Å². The molecule has 1 atom stereocenters. The molecule has 2 heterocycles. The lowest BCUT2D eigenvalue weighted by Gasteiger charge is -2.23. The number of H-pyrrole nitrogens is 1. The van der Waals surface area contributed by atoms with E-state index >= 15 is 0 Å². The van der Waals surface area contributed by atoms with Crippen LogP contribution in [0.4, 0.5) is 0 Å². The molecule has 3 nitrogen and oxygen atoms in total. The normalized spacial score (nSPS) is 17.4. The molecule has 0 saturated heterocycles. The number of nitrogens with one attached hydrogen (secondary N) is 2. The fraction of sp³-hybridized carbons (Fsp3) is 0.250. The van der Waals surface area contributed by atoms with E-state index in [-0.39, 0.29) is 0 Å². The SMILES string of the molecule is CCOc1ccc2[nH]ccc2c1/C=C/CC1CC(c2ccccc2)=CCN1. The van der Waals surface area contributed by atoms with Gasteiger partial charge in [-0.15, -0.1) is 0 Å². The summed E-state index contributed by atoms with van der Waals surface area (Å²) >= 11 is 0. The quantitative estimate of drug-likeness (QED) is 0.618. The molecule has 3 heteroatoms. The molecule has 0 saturated carbocycles. The molecule has 2 aromatic carbocycles. The highest BCUT2D eigenvalue weighted by molar-refractivity contribution is 5.91. The molecule has 2 N–H and O–H groups in total. The molecule has 1 aliphatic rings. The van der Waals surface area contributed by atoms with Gasteiger partial charge in [0.1, 0.15) is 5.75 Å². The number of ether oxygens (including phenoxy) is 1. The average Bonchev–Trinajstić information content (AvgIpc) is 3.19. The Kier molecular flexibility index (Phi) is 5.40. The number of hydrogen-bond donors (Lipinski definition) is 2. The van der Waals surface area contributed by atoms with Crippen molar-refractivity contribution in [2.75, 3.05) is 13.2 Å². The highest BCUT2D eigenvalue weighted by atomic mass is 16.5. The van der Waals surface area contributed by atoms with Crippen LogP contribution in [-0.4, -0.2) is 24.2 Å². The molecule has 0 fully saturated rings. The first kappa shape index (κ1) is 17.6. The molecule has 1 aliphatic heterocycles. The van der Waals surface area contributed by atoms with E-state index in [1.165, 1.54) is 16.5 Å². The van der Waals surface area contributed by atoms with Crippen LogP contribution in [0.25, 0.3) is 22.6 Å². The van der Waals surface area contributed by atoms with Gasteiger partial charge in [-0.05, 0) is 49.1 Å². The maximum atomic E-state index is 5.84. The molecule has 0 bridgehead atoms. The van der Waals surface area contributed by atoms with Crippen molar-refractivity contribution in [2.45, 2.75) is 25.8 Å². The van der Waals surface area contributed by atoms with Crippen molar-refractivity contribution >= 4 is 22.6 Å². The zero-order valence-corrected chi connectivity index (χ0v) is 15.7. The lowest BCUT2D eigenvalue weighted by molar-refractivity contribution is 0.340. The first-order chi connectivity index (χ1) is 13.3. The molecule has 0 amide bonds. The molecule has 27 heavy (non-hydrogen) atoms. The molecular formula is C24H26N2O. The van der Waals surface area contributed by atoms with Crippen LogP contribution in [0.1, 0.15) is 30.9 Å². The molecule has 1 aromatic heterocycles. The Bertz CT molecular complexity index is 953. The Morgan fingerprint density at radius 1 is 1.11 bits per heavy atom. The highest BCUT2D eigenvalue weighted by Gasteiger charge is 2.15. The third-order valence-corrected chi connectivity index (χ3v) is 5.11. The first-order valence-electron chi connectivity index (χ1n) is 9.72. The average molecular weight is 358 g/mol. The van der Waals surface area contributed by atoms with Crippen LogP contribution in [0, 0.1) is 0 Å². The van der Waals surface area contributed by atoms with Gasteiger partial charge in [0.2, 0.25) is 0 Å². The van der Waals surface area contributed by atoms with E-state index in [9.17, 15) is 0 Å². The third-order valence-electron chi connectivity index (χ3n) is 5.11. The van der Waals surface area contributed by atoms with Gasteiger partial charge >= 0.3 is 0 Å². The summed E-state index contributed by atoms with van der Waals surface area (Å²) in [7, 11) is 0. The molecule has 0 aliphatic carbocycles. The standard InChI is InChI=1S/C24H26N2O/c1-2-27-24-12-11-23-21(14-16-26-23)22(24)10-6-9-20-17-19(13-15-25-20)18-7-4-3-5-8-18/h3-8,10-14,16,20,25-26H,2,9,15,17H2,1H3/b10-6+. The second-order valence-electron chi connectivity index (χ2n) is 6.89. The van der Waals surface area contributed by atoms with Gasteiger partial charge in [0, 0.05) is 35.2 Å². The second-order valence-corrected chi connectivity index (χ2v) is 6.89. The largest absolute Gasteiger partial charge is 0.493 e. The van der Waals surface area contributed by atoms with E-state index in [0.29, 0.717) is 12.6 Å². The van der Waals surface area contributed by atoms with E-state index in [1.807, 2.05) is 13.1 Å². The van der Waals surface area contributed by atoms with Gasteiger partial charge in [0.25, 0.3) is 0 Å². The van der Waals surface area contributed by atoms with Crippen LogP contribution < -0.4 is 10.1 Å². The van der Waals surface area contributed by atoms with Gasteiger partial charge in [-0.1, -0.05) is 48.6 Å². The summed E-state index contributed by atoms with van der Waals surface area (Å²) in [5.41, 5.74) is 5.08. The zero-order valence-electron chi connectivity index (χ0n) is 15.7. The maximum Gasteiger partial charge on any atom is 0.127 e. The Hall–Kier alpha value is -2.78. The molecule has 1 unspecified atom stereocenters. The monoisotopic (exact) mass is 358 g/mol. The van der Waals surface area contributed by atoms with E-state index in [1.54, 1.807) is 0 Å². The molecule has 3 aromatic rings. The van der Waals surface area contributed by atoms with E-state index in [4.69, 9.17) is 4.74 Å². The number of fused-ring (bicyclic) bond motifs is 1. The first-order valence-corrected chi connectivity index (χ1v) is 9.72. The predicted molar refractivity (Wildman–Crippen MR) is 114 cm³/mol. The highest BCUT2D eigenvalue weighted by Crippen LogP contribution is 2.30. The summed E-state index contributed by atoms with van der Waals surface area (Å²) in [6.07, 6.45) is 10.8. The molecular weight excluding hydrogens is 332 g/mol. The van der Waals surface area contributed by atoms with Gasteiger partial charge in [-0.2, -0.15) is 0 Å². The third kappa shape index (κ3) is 3.99. The zero-order chi connectivity index (χ0) is 18.5. The minimum atomic E-state index is 0.461. The van der Waals surface area contributed by atoms with Gasteiger partial charge in [0.05, 0.1) is 6.61 Å². The number of aromatic amines is 1. The van der Waals surface area contributed by atoms with Gasteiger partial charge < -0.3 is 15.0 Å². The summed E-state index contributed by atoms with van der Waals surface area (Å²) in [5.74, 6) is 0.947. The number of benzene rings is 2. The number of rotatable bonds is 6. The summed E-state index contributed by atoms with van der Waals surface area (Å²) < 4.78 is 5.84. The van der Waals surface area contributed by atoms with Crippen LogP contribution in [0.15, 0.2) is 66.9 Å². The van der Waals surface area contributed by atoms with E-state index < -0.39 is 0 Å². The lowest BCUT2D eigenvalue weighted by Crippen LogP contribution is -2.32. The summed E-state index contributed by atoms with van der Waals surface area (Å²) in [4.78, 5) is 3.28. The van der Waals surface area contributed by atoms with Crippen LogP contribution in [0.2, 0.25) is 0 Å². The fourth-order valence-corrected chi connectivity index (χ4v) is 3.76. The second kappa shape index (κ2) is 8.28. The van der Waals surface area contributed by atoms with Crippen molar-refractivity contribution in [2.24, 2.45) is 0 Å². The Labute approximate surface area is 160 Å². The van der Waals surface area contributed by atoms with E-state index in [0.717, 1.165) is 36.2 Å². The minimum Gasteiger partial charge on any atom is -0.493 e. The van der Waals surface area contributed by atoms with Gasteiger partial charge in [0.15, 0.2) is 0 Å². The van der Waals surface area contributed by atoms with Gasteiger partial charge in [-0.25, -0.2) is 0 Å². The van der Waals surface area contributed by atoms with Crippen LogP contribution in [0.3, 0.4) is 0 Å².